The van der Waals surface area contributed by atoms with Gasteiger partial charge in [0.25, 0.3) is 0 Å². The van der Waals surface area contributed by atoms with Crippen molar-refractivity contribution in [2.24, 2.45) is 12.0 Å². The minimum Gasteiger partial charge on any atom is -0.356 e. The van der Waals surface area contributed by atoms with Crippen LogP contribution in [0.5, 0.6) is 0 Å². The van der Waals surface area contributed by atoms with E-state index in [0.29, 0.717) is 0 Å². The van der Waals surface area contributed by atoms with E-state index in [-0.39, 0.29) is 6.04 Å². The molecule has 2 heterocycles. The van der Waals surface area contributed by atoms with Crippen LogP contribution in [0.25, 0.3) is 0 Å². The number of aryl methyl sites for hydroxylation is 3. The summed E-state index contributed by atoms with van der Waals surface area (Å²) < 4.78 is 1.95. The summed E-state index contributed by atoms with van der Waals surface area (Å²) in [6.07, 6.45) is 4.88. The molecule has 25 heavy (non-hydrogen) atoms. The van der Waals surface area contributed by atoms with Crippen molar-refractivity contribution in [3.8, 4) is 0 Å². The van der Waals surface area contributed by atoms with E-state index in [4.69, 9.17) is 0 Å². The first-order valence-corrected chi connectivity index (χ1v) is 9.66. The van der Waals surface area contributed by atoms with Crippen LogP contribution in [0, 0.1) is 13.8 Å². The third kappa shape index (κ3) is 5.29. The summed E-state index contributed by atoms with van der Waals surface area (Å²) in [7, 11) is 3.80. The van der Waals surface area contributed by atoms with Crippen LogP contribution >= 0.6 is 11.3 Å². The van der Waals surface area contributed by atoms with Gasteiger partial charge in [0.1, 0.15) is 0 Å². The third-order valence-electron chi connectivity index (χ3n) is 4.36. The quantitative estimate of drug-likeness (QED) is 0.586. The molecule has 0 fully saturated rings. The van der Waals surface area contributed by atoms with Gasteiger partial charge in [-0.15, -0.1) is 11.3 Å². The Morgan fingerprint density at radius 3 is 2.72 bits per heavy atom. The van der Waals surface area contributed by atoms with Gasteiger partial charge in [-0.25, -0.2) is 4.98 Å². The molecule has 0 spiro atoms. The Balaban J connectivity index is 1.82. The number of nitrogens with one attached hydrogen (secondary N) is 2. The number of guanidine groups is 1. The van der Waals surface area contributed by atoms with Gasteiger partial charge in [-0.1, -0.05) is 6.92 Å². The number of nitrogens with zero attached hydrogens (tertiary/aromatic N) is 4. The molecule has 0 aliphatic rings. The summed E-state index contributed by atoms with van der Waals surface area (Å²) in [5.41, 5.74) is 3.64. The highest BCUT2D eigenvalue weighted by molar-refractivity contribution is 7.11. The van der Waals surface area contributed by atoms with E-state index >= 15 is 0 Å². The van der Waals surface area contributed by atoms with Crippen molar-refractivity contribution in [3.05, 3.63) is 33.0 Å². The first-order valence-electron chi connectivity index (χ1n) is 8.84. The molecule has 138 valence electrons. The highest BCUT2D eigenvalue weighted by Crippen LogP contribution is 2.14. The summed E-state index contributed by atoms with van der Waals surface area (Å²) in [6, 6.07) is 0.277. The Morgan fingerprint density at radius 1 is 1.40 bits per heavy atom. The fraction of sp³-hybridized carbons (Fsp3) is 0.611. The van der Waals surface area contributed by atoms with Crippen LogP contribution in [0.2, 0.25) is 0 Å². The van der Waals surface area contributed by atoms with Crippen LogP contribution in [-0.2, 0) is 26.3 Å². The Morgan fingerprint density at radius 2 is 2.16 bits per heavy atom. The molecular weight excluding hydrogens is 332 g/mol. The lowest BCUT2D eigenvalue weighted by Crippen LogP contribution is -2.43. The van der Waals surface area contributed by atoms with Crippen LogP contribution in [0.15, 0.2) is 11.2 Å². The van der Waals surface area contributed by atoms with Crippen molar-refractivity contribution in [2.45, 2.75) is 53.0 Å². The second kappa shape index (κ2) is 8.99. The molecule has 7 heteroatoms. The highest BCUT2D eigenvalue weighted by atomic mass is 32.1. The summed E-state index contributed by atoms with van der Waals surface area (Å²) >= 11 is 1.79. The lowest BCUT2D eigenvalue weighted by Gasteiger charge is -2.18. The monoisotopic (exact) mass is 362 g/mol. The Bertz CT molecular complexity index is 715. The molecule has 2 N–H and O–H groups in total. The van der Waals surface area contributed by atoms with E-state index in [9.17, 15) is 0 Å². The zero-order chi connectivity index (χ0) is 18.4. The van der Waals surface area contributed by atoms with Gasteiger partial charge in [0, 0.05) is 49.9 Å². The maximum atomic E-state index is 4.49. The van der Waals surface area contributed by atoms with Gasteiger partial charge in [0.05, 0.1) is 10.7 Å². The average molecular weight is 363 g/mol. The fourth-order valence-electron chi connectivity index (χ4n) is 2.81. The molecule has 1 unspecified atom stereocenters. The smallest absolute Gasteiger partial charge is 0.191 e. The Kier molecular flexibility index (Phi) is 6.99. The first-order chi connectivity index (χ1) is 11.9. The Labute approximate surface area is 154 Å². The van der Waals surface area contributed by atoms with Crippen molar-refractivity contribution in [1.82, 2.24) is 25.4 Å². The molecule has 0 saturated heterocycles. The zero-order valence-corrected chi connectivity index (χ0v) is 17.0. The lowest BCUT2D eigenvalue weighted by molar-refractivity contribution is 0.635. The van der Waals surface area contributed by atoms with Gasteiger partial charge < -0.3 is 10.6 Å². The van der Waals surface area contributed by atoms with Gasteiger partial charge in [-0.2, -0.15) is 5.10 Å². The second-order valence-electron chi connectivity index (χ2n) is 6.35. The molecule has 2 aromatic heterocycles. The van der Waals surface area contributed by atoms with E-state index < -0.39 is 0 Å². The van der Waals surface area contributed by atoms with Gasteiger partial charge in [-0.05, 0) is 39.2 Å². The van der Waals surface area contributed by atoms with Crippen LogP contribution in [-0.4, -0.2) is 40.4 Å². The predicted octanol–water partition coefficient (Wildman–Crippen LogP) is 2.39. The summed E-state index contributed by atoms with van der Waals surface area (Å²) in [6.45, 7) is 9.35. The van der Waals surface area contributed by atoms with Gasteiger partial charge in [0.15, 0.2) is 5.96 Å². The number of rotatable bonds is 7. The number of thiazole rings is 1. The molecule has 0 saturated carbocycles. The maximum absolute atomic E-state index is 4.49. The Hall–Kier alpha value is -1.89. The number of aromatic nitrogens is 3. The molecule has 1 atom stereocenters. The van der Waals surface area contributed by atoms with E-state index in [0.717, 1.165) is 37.5 Å². The standard InChI is InChI=1S/C18H30N6S/c1-7-15-11-21-17(25-15)8-9-20-18(19-5)22-12(2)10-16-13(3)23-24(6)14(16)4/h11-12H,7-10H2,1-6H3,(H2,19,20,22). The van der Waals surface area contributed by atoms with E-state index in [1.54, 1.807) is 18.4 Å². The topological polar surface area (TPSA) is 67.1 Å². The fourth-order valence-corrected chi connectivity index (χ4v) is 3.67. The molecule has 0 aliphatic heterocycles. The molecular formula is C18H30N6S. The summed E-state index contributed by atoms with van der Waals surface area (Å²) in [5.74, 6) is 0.832. The van der Waals surface area contributed by atoms with Gasteiger partial charge >= 0.3 is 0 Å². The molecule has 2 rings (SSSR count). The first kappa shape index (κ1) is 19.4. The molecule has 0 bridgehead atoms. The lowest BCUT2D eigenvalue weighted by atomic mass is 10.1. The molecule has 2 aromatic rings. The van der Waals surface area contributed by atoms with Crippen molar-refractivity contribution >= 4 is 17.3 Å². The van der Waals surface area contributed by atoms with Gasteiger partial charge in [-0.3, -0.25) is 9.67 Å². The molecule has 0 aromatic carbocycles. The normalized spacial score (nSPS) is 13.1. The molecule has 6 nitrogen and oxygen atoms in total. The van der Waals surface area contributed by atoms with Gasteiger partial charge in [0.2, 0.25) is 0 Å². The maximum Gasteiger partial charge on any atom is 0.191 e. The third-order valence-corrected chi connectivity index (χ3v) is 5.56. The van der Waals surface area contributed by atoms with Crippen LogP contribution < -0.4 is 10.6 Å². The van der Waals surface area contributed by atoms with E-state index in [1.807, 2.05) is 17.9 Å². The number of aliphatic imine (C=N–C) groups is 1. The molecule has 0 amide bonds. The summed E-state index contributed by atoms with van der Waals surface area (Å²) in [4.78, 5) is 10.1. The molecule has 0 radical (unpaired) electrons. The van der Waals surface area contributed by atoms with Crippen molar-refractivity contribution in [1.29, 1.82) is 0 Å². The largest absolute Gasteiger partial charge is 0.356 e. The highest BCUT2D eigenvalue weighted by Gasteiger charge is 2.14. The van der Waals surface area contributed by atoms with Crippen molar-refractivity contribution in [3.63, 3.8) is 0 Å². The summed E-state index contributed by atoms with van der Waals surface area (Å²) in [5, 5.41) is 12.5. The zero-order valence-electron chi connectivity index (χ0n) is 16.2. The van der Waals surface area contributed by atoms with Crippen molar-refractivity contribution < 1.29 is 0 Å². The average Bonchev–Trinajstić information content (AvgIpc) is 3.14. The SMILES string of the molecule is CCc1cnc(CCNC(=NC)NC(C)Cc2c(C)nn(C)c2C)s1. The predicted molar refractivity (Wildman–Crippen MR) is 106 cm³/mol. The van der Waals surface area contributed by atoms with Crippen LogP contribution in [0.4, 0.5) is 0 Å². The van der Waals surface area contributed by atoms with E-state index in [2.05, 4.69) is 53.4 Å². The second-order valence-corrected chi connectivity index (χ2v) is 7.55. The number of hydrogen-bond acceptors (Lipinski definition) is 4. The van der Waals surface area contributed by atoms with E-state index in [1.165, 1.54) is 21.1 Å². The van der Waals surface area contributed by atoms with Crippen LogP contribution in [0.1, 0.15) is 40.7 Å². The number of hydrogen-bond donors (Lipinski definition) is 2. The minimum atomic E-state index is 0.277. The van der Waals surface area contributed by atoms with Crippen molar-refractivity contribution in [2.75, 3.05) is 13.6 Å². The minimum absolute atomic E-state index is 0.277. The molecule has 0 aliphatic carbocycles. The van der Waals surface area contributed by atoms with Crippen LogP contribution in [0.3, 0.4) is 0 Å².